The van der Waals surface area contributed by atoms with Gasteiger partial charge in [0.25, 0.3) is 5.91 Å². The van der Waals surface area contributed by atoms with Gasteiger partial charge in [-0.25, -0.2) is 4.99 Å². The van der Waals surface area contributed by atoms with Crippen molar-refractivity contribution in [2.45, 2.75) is 27.3 Å². The fraction of sp³-hybridized carbons (Fsp3) is 0.364. The number of hydrogen-bond acceptors (Lipinski definition) is 3. The van der Waals surface area contributed by atoms with Gasteiger partial charge >= 0.3 is 0 Å². The van der Waals surface area contributed by atoms with E-state index in [0.29, 0.717) is 25.2 Å². The van der Waals surface area contributed by atoms with Gasteiger partial charge in [0.05, 0.1) is 13.7 Å². The van der Waals surface area contributed by atoms with Gasteiger partial charge in [-0.2, -0.15) is 0 Å². The summed E-state index contributed by atoms with van der Waals surface area (Å²) in [5.41, 5.74) is 4.31. The Balaban J connectivity index is 0.00000420. The molecule has 0 aliphatic rings. The minimum atomic E-state index is -0.110. The van der Waals surface area contributed by atoms with Crippen molar-refractivity contribution in [2.75, 3.05) is 26.7 Å². The van der Waals surface area contributed by atoms with Crippen LogP contribution >= 0.6 is 24.0 Å². The first-order valence-electron chi connectivity index (χ1n) is 9.54. The lowest BCUT2D eigenvalue weighted by Crippen LogP contribution is -2.41. The third-order valence-corrected chi connectivity index (χ3v) is 4.31. The molecule has 0 unspecified atom stereocenters. The number of amides is 1. The molecule has 0 aliphatic carbocycles. The van der Waals surface area contributed by atoms with E-state index < -0.39 is 0 Å². The summed E-state index contributed by atoms with van der Waals surface area (Å²) in [7, 11) is 1.60. The maximum Gasteiger partial charge on any atom is 0.251 e. The maximum absolute atomic E-state index is 12.2. The molecule has 0 radical (unpaired) electrons. The molecule has 3 N–H and O–H groups in total. The Bertz CT molecular complexity index is 807. The summed E-state index contributed by atoms with van der Waals surface area (Å²) in [6, 6.07) is 13.4. The van der Waals surface area contributed by atoms with Crippen LogP contribution in [0.15, 0.2) is 47.5 Å². The van der Waals surface area contributed by atoms with Crippen LogP contribution < -0.4 is 20.7 Å². The molecule has 7 heteroatoms. The van der Waals surface area contributed by atoms with Crippen molar-refractivity contribution in [2.24, 2.45) is 4.99 Å². The summed E-state index contributed by atoms with van der Waals surface area (Å²) >= 11 is 0. The van der Waals surface area contributed by atoms with E-state index in [9.17, 15) is 4.79 Å². The smallest absolute Gasteiger partial charge is 0.251 e. The Morgan fingerprint density at radius 3 is 2.31 bits per heavy atom. The first-order valence-corrected chi connectivity index (χ1v) is 9.54. The Hall–Kier alpha value is -2.29. The van der Waals surface area contributed by atoms with E-state index in [-0.39, 0.29) is 29.9 Å². The van der Waals surface area contributed by atoms with E-state index in [1.807, 2.05) is 6.92 Å². The number of ether oxygens (including phenoxy) is 1. The van der Waals surface area contributed by atoms with Gasteiger partial charge in [-0.1, -0.05) is 23.8 Å². The monoisotopic (exact) mass is 510 g/mol. The topological polar surface area (TPSA) is 74.8 Å². The Labute approximate surface area is 190 Å². The van der Waals surface area contributed by atoms with Gasteiger partial charge in [0, 0.05) is 25.2 Å². The zero-order valence-electron chi connectivity index (χ0n) is 17.5. The maximum atomic E-state index is 12.2. The largest absolute Gasteiger partial charge is 0.497 e. The van der Waals surface area contributed by atoms with Gasteiger partial charge in [0.2, 0.25) is 0 Å². The molecular formula is C22H31IN4O2. The molecule has 2 aromatic carbocycles. The summed E-state index contributed by atoms with van der Waals surface area (Å²) in [6.45, 7) is 8.69. The molecule has 0 fully saturated rings. The number of nitrogens with one attached hydrogen (secondary N) is 3. The molecule has 0 spiro atoms. The van der Waals surface area contributed by atoms with Gasteiger partial charge in [-0.05, 0) is 56.2 Å². The normalized spacial score (nSPS) is 10.7. The highest BCUT2D eigenvalue weighted by molar-refractivity contribution is 14.0. The molecule has 1 amide bonds. The Kier molecular flexibility index (Phi) is 11.1. The molecule has 2 aromatic rings. The second-order valence-corrected chi connectivity index (χ2v) is 6.54. The highest BCUT2D eigenvalue weighted by Gasteiger charge is 2.05. The predicted molar refractivity (Wildman–Crippen MR) is 129 cm³/mol. The van der Waals surface area contributed by atoms with Crippen LogP contribution in [0.4, 0.5) is 0 Å². The van der Waals surface area contributed by atoms with E-state index in [4.69, 9.17) is 4.74 Å². The lowest BCUT2D eigenvalue weighted by atomic mass is 10.1. The number of benzene rings is 2. The fourth-order valence-electron chi connectivity index (χ4n) is 2.73. The molecule has 0 aliphatic heterocycles. The number of methoxy groups -OCH3 is 1. The van der Waals surface area contributed by atoms with Crippen molar-refractivity contribution in [1.82, 2.24) is 16.0 Å². The van der Waals surface area contributed by atoms with E-state index in [1.54, 1.807) is 31.4 Å². The van der Waals surface area contributed by atoms with Gasteiger partial charge in [0.15, 0.2) is 5.96 Å². The number of carbonyl (C=O) groups is 1. The number of guanidine groups is 1. The second kappa shape index (κ2) is 13.0. The van der Waals surface area contributed by atoms with Crippen LogP contribution in [0.1, 0.15) is 34.0 Å². The van der Waals surface area contributed by atoms with Crippen LogP contribution in [0, 0.1) is 13.8 Å². The second-order valence-electron chi connectivity index (χ2n) is 6.54. The lowest BCUT2D eigenvalue weighted by Gasteiger charge is -2.12. The van der Waals surface area contributed by atoms with E-state index in [1.165, 1.54) is 16.7 Å². The summed E-state index contributed by atoms with van der Waals surface area (Å²) in [5, 5.41) is 9.38. The van der Waals surface area contributed by atoms with Crippen LogP contribution in [0.3, 0.4) is 0 Å². The number of carbonyl (C=O) groups excluding carboxylic acids is 1. The van der Waals surface area contributed by atoms with E-state index in [2.05, 4.69) is 53.0 Å². The summed E-state index contributed by atoms with van der Waals surface area (Å²) < 4.78 is 5.10. The molecule has 0 atom stereocenters. The molecular weight excluding hydrogens is 479 g/mol. The van der Waals surface area contributed by atoms with Crippen molar-refractivity contribution in [1.29, 1.82) is 0 Å². The van der Waals surface area contributed by atoms with Crippen LogP contribution in [0.2, 0.25) is 0 Å². The number of rotatable bonds is 8. The molecule has 0 saturated heterocycles. The average molecular weight is 510 g/mol. The minimum absolute atomic E-state index is 0. The first kappa shape index (κ1) is 24.7. The highest BCUT2D eigenvalue weighted by atomic mass is 127. The van der Waals surface area contributed by atoms with E-state index >= 15 is 0 Å². The summed E-state index contributed by atoms with van der Waals surface area (Å²) in [5.74, 6) is 1.36. The standard InChI is InChI=1S/C22H30N4O2.HI/c1-5-23-22(26-15-19-7-6-16(2)14-17(19)3)25-13-12-24-21(27)18-8-10-20(28-4)11-9-18;/h6-11,14H,5,12-13,15H2,1-4H3,(H,24,27)(H2,23,25,26);1H. The van der Waals surface area contributed by atoms with Crippen molar-refractivity contribution in [3.05, 3.63) is 64.7 Å². The fourth-order valence-corrected chi connectivity index (χ4v) is 2.73. The lowest BCUT2D eigenvalue weighted by molar-refractivity contribution is 0.0954. The number of aryl methyl sites for hydroxylation is 2. The molecule has 6 nitrogen and oxygen atoms in total. The van der Waals surface area contributed by atoms with Crippen molar-refractivity contribution >= 4 is 35.8 Å². The average Bonchev–Trinajstić information content (AvgIpc) is 2.70. The molecule has 0 bridgehead atoms. The van der Waals surface area contributed by atoms with Gasteiger partial charge < -0.3 is 20.7 Å². The molecule has 0 aromatic heterocycles. The van der Waals surface area contributed by atoms with Crippen LogP contribution in [0.5, 0.6) is 5.75 Å². The summed E-state index contributed by atoms with van der Waals surface area (Å²) in [6.07, 6.45) is 0. The summed E-state index contributed by atoms with van der Waals surface area (Å²) in [4.78, 5) is 16.8. The highest BCUT2D eigenvalue weighted by Crippen LogP contribution is 2.12. The quantitative estimate of drug-likeness (QED) is 0.220. The number of halogens is 1. The van der Waals surface area contributed by atoms with Gasteiger partial charge in [0.1, 0.15) is 5.75 Å². The molecule has 158 valence electrons. The molecule has 2 rings (SSSR count). The first-order chi connectivity index (χ1) is 13.5. The van der Waals surface area contributed by atoms with Crippen molar-refractivity contribution < 1.29 is 9.53 Å². The third kappa shape index (κ3) is 8.31. The van der Waals surface area contributed by atoms with Gasteiger partial charge in [-0.15, -0.1) is 24.0 Å². The zero-order chi connectivity index (χ0) is 20.4. The number of nitrogens with zero attached hydrogens (tertiary/aromatic N) is 1. The van der Waals surface area contributed by atoms with Gasteiger partial charge in [-0.3, -0.25) is 4.79 Å². The Morgan fingerprint density at radius 2 is 1.69 bits per heavy atom. The zero-order valence-corrected chi connectivity index (χ0v) is 19.9. The van der Waals surface area contributed by atoms with Crippen LogP contribution in [-0.2, 0) is 6.54 Å². The molecule has 0 heterocycles. The molecule has 0 saturated carbocycles. The number of hydrogen-bond donors (Lipinski definition) is 3. The molecule has 29 heavy (non-hydrogen) atoms. The minimum Gasteiger partial charge on any atom is -0.497 e. The number of aliphatic imine (C=N–C) groups is 1. The SMILES string of the molecule is CCNC(=NCc1ccc(C)cc1C)NCCNC(=O)c1ccc(OC)cc1.I. The van der Waals surface area contributed by atoms with Crippen LogP contribution in [0.25, 0.3) is 0 Å². The third-order valence-electron chi connectivity index (χ3n) is 4.31. The predicted octanol–water partition coefficient (Wildman–Crippen LogP) is 3.42. The van der Waals surface area contributed by atoms with Crippen molar-refractivity contribution in [3.8, 4) is 5.75 Å². The van der Waals surface area contributed by atoms with Crippen LogP contribution in [-0.4, -0.2) is 38.6 Å². The van der Waals surface area contributed by atoms with E-state index in [0.717, 1.165) is 18.3 Å². The van der Waals surface area contributed by atoms with Crippen molar-refractivity contribution in [3.63, 3.8) is 0 Å². The Morgan fingerprint density at radius 1 is 1.00 bits per heavy atom.